The second-order valence-corrected chi connectivity index (χ2v) is 7.37. The highest BCUT2D eigenvalue weighted by Crippen LogP contribution is 2.20. The molecule has 0 unspecified atom stereocenters. The topological polar surface area (TPSA) is 72.3 Å². The van der Waals surface area contributed by atoms with Gasteiger partial charge >= 0.3 is 0 Å². The molecule has 0 atom stereocenters. The molecule has 3 rings (SSSR count). The smallest absolute Gasteiger partial charge is 0.222 e. The quantitative estimate of drug-likeness (QED) is 0.782. The Bertz CT molecular complexity index is 821. The number of fused-ring (bicyclic) bond motifs is 1. The van der Waals surface area contributed by atoms with Gasteiger partial charge in [-0.3, -0.25) is 9.69 Å². The van der Waals surface area contributed by atoms with Crippen molar-refractivity contribution >= 4 is 5.91 Å². The van der Waals surface area contributed by atoms with Gasteiger partial charge in [0.25, 0.3) is 0 Å². The minimum absolute atomic E-state index is 0.0193. The van der Waals surface area contributed by atoms with Gasteiger partial charge in [0.05, 0.1) is 7.11 Å². The van der Waals surface area contributed by atoms with Gasteiger partial charge in [0, 0.05) is 51.5 Å². The molecule has 152 valence electrons. The van der Waals surface area contributed by atoms with E-state index in [4.69, 9.17) is 4.74 Å². The predicted molar refractivity (Wildman–Crippen MR) is 104 cm³/mol. The fourth-order valence-electron chi connectivity index (χ4n) is 3.33. The van der Waals surface area contributed by atoms with Crippen LogP contribution < -0.4 is 10.1 Å². The number of carbonyl (C=O) groups is 1. The highest BCUT2D eigenvalue weighted by Gasteiger charge is 2.19. The monoisotopic (exact) mass is 389 g/mol. The van der Waals surface area contributed by atoms with E-state index in [1.807, 2.05) is 13.8 Å². The van der Waals surface area contributed by atoms with Crippen molar-refractivity contribution in [3.63, 3.8) is 0 Å². The molecule has 1 aliphatic rings. The minimum Gasteiger partial charge on any atom is -0.494 e. The molecule has 1 aliphatic heterocycles. The molecule has 28 heavy (non-hydrogen) atoms. The van der Waals surface area contributed by atoms with Crippen LogP contribution in [0.3, 0.4) is 0 Å². The zero-order valence-corrected chi connectivity index (χ0v) is 16.7. The van der Waals surface area contributed by atoms with Crippen LogP contribution in [-0.2, 0) is 30.7 Å². The van der Waals surface area contributed by atoms with E-state index in [9.17, 15) is 9.18 Å². The number of hydrogen-bond donors (Lipinski definition) is 1. The molecule has 2 aromatic rings. The average molecular weight is 389 g/mol. The van der Waals surface area contributed by atoms with Crippen molar-refractivity contribution < 1.29 is 13.9 Å². The number of ether oxygens (including phenoxy) is 1. The summed E-state index contributed by atoms with van der Waals surface area (Å²) in [6.07, 6.45) is 1.48. The molecular weight excluding hydrogens is 361 g/mol. The third-order valence-corrected chi connectivity index (χ3v) is 4.99. The number of carbonyl (C=O) groups excluding carboxylic acids is 1. The Kier molecular flexibility index (Phi) is 6.61. The summed E-state index contributed by atoms with van der Waals surface area (Å²) in [4.78, 5) is 14.0. The zero-order chi connectivity index (χ0) is 20.1. The summed E-state index contributed by atoms with van der Waals surface area (Å²) in [6.45, 7) is 7.57. The molecule has 1 amide bonds. The average Bonchev–Trinajstić information content (AvgIpc) is 2.95. The van der Waals surface area contributed by atoms with Crippen molar-refractivity contribution in [2.45, 2.75) is 39.8 Å². The molecule has 0 saturated heterocycles. The Balaban J connectivity index is 1.58. The van der Waals surface area contributed by atoms with Crippen LogP contribution in [0.1, 0.15) is 31.1 Å². The number of halogens is 1. The van der Waals surface area contributed by atoms with E-state index in [1.165, 1.54) is 13.2 Å². The molecule has 1 N–H and O–H groups in total. The molecule has 7 nitrogen and oxygen atoms in total. The first-order valence-electron chi connectivity index (χ1n) is 9.71. The molecule has 0 spiro atoms. The second kappa shape index (κ2) is 9.14. The standard InChI is InChI=1S/C20H28FN5O2/c1-14(2)20(27)22-8-6-18-23-24-19-7-9-25(10-11-26(18)19)13-15-4-5-16(21)17(12-15)28-3/h4-5,12,14H,6-11,13H2,1-3H3,(H,22,27). The van der Waals surface area contributed by atoms with Gasteiger partial charge in [-0.15, -0.1) is 10.2 Å². The Labute approximate surface area is 164 Å². The molecule has 8 heteroatoms. The van der Waals surface area contributed by atoms with Gasteiger partial charge in [-0.25, -0.2) is 4.39 Å². The summed E-state index contributed by atoms with van der Waals surface area (Å²) < 4.78 is 20.8. The fourth-order valence-corrected chi connectivity index (χ4v) is 3.33. The lowest BCUT2D eigenvalue weighted by Crippen LogP contribution is -2.30. The number of nitrogens with zero attached hydrogens (tertiary/aromatic N) is 4. The molecule has 1 aromatic heterocycles. The maximum atomic E-state index is 13.6. The molecule has 0 aliphatic carbocycles. The zero-order valence-electron chi connectivity index (χ0n) is 16.7. The van der Waals surface area contributed by atoms with E-state index in [-0.39, 0.29) is 23.4 Å². The molecule has 0 fully saturated rings. The number of hydrogen-bond acceptors (Lipinski definition) is 5. The van der Waals surface area contributed by atoms with E-state index in [0.29, 0.717) is 13.0 Å². The number of methoxy groups -OCH3 is 1. The van der Waals surface area contributed by atoms with E-state index in [0.717, 1.165) is 49.8 Å². The summed E-state index contributed by atoms with van der Waals surface area (Å²) in [5, 5.41) is 11.6. The first kappa shape index (κ1) is 20.3. The Morgan fingerprint density at radius 1 is 1.29 bits per heavy atom. The van der Waals surface area contributed by atoms with Crippen LogP contribution in [-0.4, -0.2) is 52.3 Å². The predicted octanol–water partition coefficient (Wildman–Crippen LogP) is 1.80. The summed E-state index contributed by atoms with van der Waals surface area (Å²) in [5.41, 5.74) is 1.02. The lowest BCUT2D eigenvalue weighted by molar-refractivity contribution is -0.123. The van der Waals surface area contributed by atoms with E-state index < -0.39 is 0 Å². The van der Waals surface area contributed by atoms with Gasteiger partial charge in [-0.1, -0.05) is 19.9 Å². The number of benzene rings is 1. The van der Waals surface area contributed by atoms with Crippen molar-refractivity contribution in [1.29, 1.82) is 0 Å². The van der Waals surface area contributed by atoms with Gasteiger partial charge in [-0.2, -0.15) is 0 Å². The minimum atomic E-state index is -0.345. The van der Waals surface area contributed by atoms with Crippen LogP contribution in [0.2, 0.25) is 0 Å². The third kappa shape index (κ3) is 4.86. The van der Waals surface area contributed by atoms with E-state index >= 15 is 0 Å². The van der Waals surface area contributed by atoms with Crippen LogP contribution in [0.4, 0.5) is 4.39 Å². The normalized spacial score (nSPS) is 14.6. The van der Waals surface area contributed by atoms with Crippen LogP contribution >= 0.6 is 0 Å². The summed E-state index contributed by atoms with van der Waals surface area (Å²) in [7, 11) is 1.48. The summed E-state index contributed by atoms with van der Waals surface area (Å²) in [6, 6.07) is 5.00. The van der Waals surface area contributed by atoms with Crippen LogP contribution in [0.15, 0.2) is 18.2 Å². The molecular formula is C20H28FN5O2. The molecule has 1 aromatic carbocycles. The Hall–Kier alpha value is -2.48. The van der Waals surface area contributed by atoms with Crippen LogP contribution in [0, 0.1) is 11.7 Å². The molecule has 0 saturated carbocycles. The number of amides is 1. The highest BCUT2D eigenvalue weighted by atomic mass is 19.1. The van der Waals surface area contributed by atoms with Crippen molar-refractivity contribution in [2.24, 2.45) is 5.92 Å². The number of rotatable bonds is 7. The van der Waals surface area contributed by atoms with Gasteiger partial charge in [0.2, 0.25) is 5.91 Å². The lowest BCUT2D eigenvalue weighted by Gasteiger charge is -2.20. The van der Waals surface area contributed by atoms with Gasteiger partial charge in [-0.05, 0) is 17.7 Å². The Morgan fingerprint density at radius 3 is 2.86 bits per heavy atom. The number of aromatic nitrogens is 3. The van der Waals surface area contributed by atoms with Crippen molar-refractivity contribution in [3.05, 3.63) is 41.2 Å². The van der Waals surface area contributed by atoms with Crippen LogP contribution in [0.25, 0.3) is 0 Å². The second-order valence-electron chi connectivity index (χ2n) is 7.37. The van der Waals surface area contributed by atoms with Crippen molar-refractivity contribution in [2.75, 3.05) is 26.7 Å². The van der Waals surface area contributed by atoms with E-state index in [2.05, 4.69) is 25.0 Å². The van der Waals surface area contributed by atoms with Crippen molar-refractivity contribution in [1.82, 2.24) is 25.0 Å². The maximum Gasteiger partial charge on any atom is 0.222 e. The van der Waals surface area contributed by atoms with E-state index in [1.54, 1.807) is 12.1 Å². The largest absolute Gasteiger partial charge is 0.494 e. The van der Waals surface area contributed by atoms with Gasteiger partial charge in [0.1, 0.15) is 11.6 Å². The Morgan fingerprint density at radius 2 is 2.11 bits per heavy atom. The third-order valence-electron chi connectivity index (χ3n) is 4.99. The first-order valence-corrected chi connectivity index (χ1v) is 9.71. The van der Waals surface area contributed by atoms with Crippen molar-refractivity contribution in [3.8, 4) is 5.75 Å². The van der Waals surface area contributed by atoms with Gasteiger partial charge < -0.3 is 14.6 Å². The summed E-state index contributed by atoms with van der Waals surface area (Å²) >= 11 is 0. The maximum absolute atomic E-state index is 13.6. The lowest BCUT2D eigenvalue weighted by atomic mass is 10.2. The van der Waals surface area contributed by atoms with Crippen LogP contribution in [0.5, 0.6) is 5.75 Å². The molecule has 2 heterocycles. The highest BCUT2D eigenvalue weighted by molar-refractivity contribution is 5.77. The molecule has 0 radical (unpaired) electrons. The molecule has 0 bridgehead atoms. The SMILES string of the molecule is COc1cc(CN2CCc3nnc(CCNC(=O)C(C)C)n3CC2)ccc1F. The van der Waals surface area contributed by atoms with Gasteiger partial charge in [0.15, 0.2) is 11.6 Å². The fraction of sp³-hybridized carbons (Fsp3) is 0.550. The number of nitrogens with one attached hydrogen (secondary N) is 1. The summed E-state index contributed by atoms with van der Waals surface area (Å²) in [5.74, 6) is 1.84. The first-order chi connectivity index (χ1) is 13.5.